The molecule has 0 radical (unpaired) electrons. The summed E-state index contributed by atoms with van der Waals surface area (Å²) in [4.78, 5) is 2.90. The van der Waals surface area contributed by atoms with Crippen LogP contribution in [0.5, 0.6) is 0 Å². The second-order valence-electron chi connectivity index (χ2n) is 4.18. The van der Waals surface area contributed by atoms with Gasteiger partial charge in [-0.05, 0) is 42.5 Å². The number of nitrogens with one attached hydrogen (secondary N) is 1. The molecule has 20 heavy (non-hydrogen) atoms. The van der Waals surface area contributed by atoms with Crippen molar-refractivity contribution in [1.82, 2.24) is 9.55 Å². The van der Waals surface area contributed by atoms with Crippen LogP contribution in [0.1, 0.15) is 5.56 Å². The van der Waals surface area contributed by atoms with E-state index in [9.17, 15) is 8.78 Å². The highest BCUT2D eigenvalue weighted by molar-refractivity contribution is 7.71. The van der Waals surface area contributed by atoms with Crippen LogP contribution in [0.3, 0.4) is 0 Å². The van der Waals surface area contributed by atoms with Gasteiger partial charge in [0.15, 0.2) is 16.4 Å². The van der Waals surface area contributed by atoms with E-state index in [4.69, 9.17) is 17.5 Å². The summed E-state index contributed by atoms with van der Waals surface area (Å²) in [5.74, 6) is -1.93. The molecule has 0 saturated carbocycles. The van der Waals surface area contributed by atoms with Crippen molar-refractivity contribution in [3.8, 4) is 11.8 Å². The third-order valence-electron chi connectivity index (χ3n) is 2.98. The first-order valence-corrected chi connectivity index (χ1v) is 6.12. The summed E-state index contributed by atoms with van der Waals surface area (Å²) in [5.41, 5.74) is 1.60. The summed E-state index contributed by atoms with van der Waals surface area (Å²) in [5, 5.41) is 8.93. The van der Waals surface area contributed by atoms with E-state index in [2.05, 4.69) is 4.98 Å². The van der Waals surface area contributed by atoms with Crippen LogP contribution in [0.25, 0.3) is 16.7 Å². The zero-order chi connectivity index (χ0) is 14.3. The zero-order valence-electron chi connectivity index (χ0n) is 10.0. The van der Waals surface area contributed by atoms with Crippen LogP contribution in [0.15, 0.2) is 36.4 Å². The predicted molar refractivity (Wildman–Crippen MR) is 73.1 cm³/mol. The molecule has 1 N–H and O–H groups in total. The van der Waals surface area contributed by atoms with Gasteiger partial charge in [0.2, 0.25) is 0 Å². The number of halogens is 2. The summed E-state index contributed by atoms with van der Waals surface area (Å²) in [6.45, 7) is 0. The van der Waals surface area contributed by atoms with E-state index in [1.807, 2.05) is 6.07 Å². The third-order valence-corrected chi connectivity index (χ3v) is 3.27. The smallest absolute Gasteiger partial charge is 0.182 e. The third kappa shape index (κ3) is 1.80. The number of hydrogen-bond acceptors (Lipinski definition) is 2. The van der Waals surface area contributed by atoms with Crippen molar-refractivity contribution in [2.45, 2.75) is 0 Å². The number of aromatic amines is 1. The van der Waals surface area contributed by atoms with Gasteiger partial charge in [-0.25, -0.2) is 8.78 Å². The van der Waals surface area contributed by atoms with Crippen molar-refractivity contribution in [3.63, 3.8) is 0 Å². The van der Waals surface area contributed by atoms with E-state index < -0.39 is 11.6 Å². The Morgan fingerprint density at radius 3 is 2.75 bits per heavy atom. The average Bonchev–Trinajstić information content (AvgIpc) is 2.77. The summed E-state index contributed by atoms with van der Waals surface area (Å²) < 4.78 is 28.9. The number of benzene rings is 2. The van der Waals surface area contributed by atoms with Crippen molar-refractivity contribution < 1.29 is 8.78 Å². The van der Waals surface area contributed by atoms with Crippen LogP contribution in [0.4, 0.5) is 8.78 Å². The molecular formula is C14H7F2N3S. The maximum absolute atomic E-state index is 13.9. The topological polar surface area (TPSA) is 44.5 Å². The maximum atomic E-state index is 13.9. The standard InChI is InChI=1S/C14H7F2N3S/c15-9-2-1-3-11(13(9)16)19-12-6-8(7-17)4-5-10(12)18-14(19)20/h1-6H,(H,18,20). The minimum absolute atomic E-state index is 0.0105. The molecule has 1 aromatic heterocycles. The number of fused-ring (bicyclic) bond motifs is 1. The van der Waals surface area contributed by atoms with E-state index in [1.165, 1.54) is 16.7 Å². The van der Waals surface area contributed by atoms with Gasteiger partial charge in [0.25, 0.3) is 0 Å². The summed E-state index contributed by atoms with van der Waals surface area (Å²) in [6.07, 6.45) is 0. The Hall–Kier alpha value is -2.52. The molecule has 0 aliphatic carbocycles. The fraction of sp³-hybridized carbons (Fsp3) is 0. The molecule has 0 atom stereocenters. The molecule has 3 nitrogen and oxygen atoms in total. The van der Waals surface area contributed by atoms with Gasteiger partial charge in [0, 0.05) is 0 Å². The minimum Gasteiger partial charge on any atom is -0.330 e. The molecule has 0 bridgehead atoms. The van der Waals surface area contributed by atoms with Gasteiger partial charge in [-0.1, -0.05) is 6.07 Å². The minimum atomic E-state index is -0.980. The lowest BCUT2D eigenvalue weighted by Crippen LogP contribution is -2.00. The van der Waals surface area contributed by atoms with Crippen molar-refractivity contribution >= 4 is 23.3 Å². The van der Waals surface area contributed by atoms with Gasteiger partial charge >= 0.3 is 0 Å². The molecule has 6 heteroatoms. The Morgan fingerprint density at radius 1 is 1.20 bits per heavy atom. The fourth-order valence-electron chi connectivity index (χ4n) is 2.08. The second-order valence-corrected chi connectivity index (χ2v) is 4.57. The van der Waals surface area contributed by atoms with Gasteiger partial charge in [-0.15, -0.1) is 0 Å². The van der Waals surface area contributed by atoms with Gasteiger partial charge in [-0.2, -0.15) is 5.26 Å². The van der Waals surface area contributed by atoms with Crippen molar-refractivity contribution in [3.05, 3.63) is 58.4 Å². The number of imidazole rings is 1. The number of nitriles is 1. The largest absolute Gasteiger partial charge is 0.330 e. The lowest BCUT2D eigenvalue weighted by atomic mass is 10.2. The number of rotatable bonds is 1. The molecule has 0 spiro atoms. The lowest BCUT2D eigenvalue weighted by Gasteiger charge is -2.06. The van der Waals surface area contributed by atoms with Crippen molar-refractivity contribution in [2.75, 3.05) is 0 Å². The first-order chi connectivity index (χ1) is 9.61. The number of H-pyrrole nitrogens is 1. The normalized spacial score (nSPS) is 10.7. The second kappa shape index (κ2) is 4.54. The van der Waals surface area contributed by atoms with Gasteiger partial charge < -0.3 is 4.98 Å². The highest BCUT2D eigenvalue weighted by atomic mass is 32.1. The number of nitrogens with zero attached hydrogens (tertiary/aromatic N) is 2. The quantitative estimate of drug-likeness (QED) is 0.691. The Labute approximate surface area is 117 Å². The molecule has 2 aromatic carbocycles. The SMILES string of the molecule is N#Cc1ccc2[nH]c(=S)n(-c3cccc(F)c3F)c2c1. The van der Waals surface area contributed by atoms with Gasteiger partial charge in [0.1, 0.15) is 0 Å². The van der Waals surface area contributed by atoms with E-state index >= 15 is 0 Å². The molecule has 3 aromatic rings. The number of aromatic nitrogens is 2. The Kier molecular flexibility index (Phi) is 2.84. The molecule has 1 heterocycles. The maximum Gasteiger partial charge on any atom is 0.182 e. The Morgan fingerprint density at radius 2 is 2.00 bits per heavy atom. The molecule has 0 amide bonds. The molecule has 0 unspecified atom stereocenters. The van der Waals surface area contributed by atoms with Crippen molar-refractivity contribution in [2.24, 2.45) is 0 Å². The highest BCUT2D eigenvalue weighted by Gasteiger charge is 2.14. The molecular weight excluding hydrogens is 280 g/mol. The van der Waals surface area contributed by atoms with Gasteiger partial charge in [-0.3, -0.25) is 4.57 Å². The molecule has 0 aliphatic heterocycles. The Balaban J connectivity index is 2.42. The monoisotopic (exact) mass is 287 g/mol. The first kappa shape index (κ1) is 12.5. The number of hydrogen-bond donors (Lipinski definition) is 1. The van der Waals surface area contributed by atoms with E-state index in [0.29, 0.717) is 16.6 Å². The van der Waals surface area contributed by atoms with E-state index in [0.717, 1.165) is 6.07 Å². The highest BCUT2D eigenvalue weighted by Crippen LogP contribution is 2.23. The predicted octanol–water partition coefficient (Wildman–Crippen LogP) is 3.84. The molecule has 0 saturated heterocycles. The van der Waals surface area contributed by atoms with Crippen LogP contribution >= 0.6 is 12.2 Å². The molecule has 3 rings (SSSR count). The zero-order valence-corrected chi connectivity index (χ0v) is 10.8. The van der Waals surface area contributed by atoms with E-state index in [-0.39, 0.29) is 10.5 Å². The molecule has 0 aliphatic rings. The van der Waals surface area contributed by atoms with Crippen molar-refractivity contribution in [1.29, 1.82) is 5.26 Å². The van der Waals surface area contributed by atoms with Crippen LogP contribution in [-0.4, -0.2) is 9.55 Å². The lowest BCUT2D eigenvalue weighted by molar-refractivity contribution is 0.504. The van der Waals surface area contributed by atoms with Crippen LogP contribution < -0.4 is 0 Å². The van der Waals surface area contributed by atoms with Crippen LogP contribution in [0.2, 0.25) is 0 Å². The van der Waals surface area contributed by atoms with E-state index in [1.54, 1.807) is 18.2 Å². The fourth-order valence-corrected chi connectivity index (χ4v) is 2.38. The summed E-state index contributed by atoms with van der Waals surface area (Å²) in [6, 6.07) is 10.8. The Bertz CT molecular complexity index is 918. The average molecular weight is 287 g/mol. The molecule has 0 fully saturated rings. The molecule has 98 valence electrons. The van der Waals surface area contributed by atoms with Crippen LogP contribution in [-0.2, 0) is 0 Å². The summed E-state index contributed by atoms with van der Waals surface area (Å²) in [7, 11) is 0. The first-order valence-electron chi connectivity index (χ1n) is 5.71. The summed E-state index contributed by atoms with van der Waals surface area (Å²) >= 11 is 5.15. The van der Waals surface area contributed by atoms with Gasteiger partial charge in [0.05, 0.1) is 28.4 Å². The van der Waals surface area contributed by atoms with Crippen LogP contribution in [0, 0.1) is 27.7 Å².